The van der Waals surface area contributed by atoms with Gasteiger partial charge < -0.3 is 0 Å². The topological polar surface area (TPSA) is 0 Å². The van der Waals surface area contributed by atoms with Crippen molar-refractivity contribution in [2.24, 2.45) is 0 Å². The van der Waals surface area contributed by atoms with Gasteiger partial charge in [-0.1, -0.05) is 49.7 Å². The van der Waals surface area contributed by atoms with E-state index in [0.29, 0.717) is 29.8 Å². The molecule has 0 atom stereocenters. The lowest BCUT2D eigenvalue weighted by molar-refractivity contribution is -0.137. The molecule has 0 radical (unpaired) electrons. The van der Waals surface area contributed by atoms with Crippen LogP contribution in [0.1, 0.15) is 35.6 Å². The van der Waals surface area contributed by atoms with Crippen molar-refractivity contribution in [2.45, 2.75) is 25.9 Å². The van der Waals surface area contributed by atoms with Gasteiger partial charge in [-0.15, -0.1) is 0 Å². The minimum atomic E-state index is -4.65. The molecule has 0 aromatic heterocycles. The highest BCUT2D eigenvalue weighted by Crippen LogP contribution is 2.36. The van der Waals surface area contributed by atoms with Gasteiger partial charge in [-0.05, 0) is 47.4 Å². The molecule has 3 rings (SSSR count). The van der Waals surface area contributed by atoms with Gasteiger partial charge >= 0.3 is 6.18 Å². The first kappa shape index (κ1) is 22.6. The molecule has 0 N–H and O–H groups in total. The number of hydrogen-bond acceptors (Lipinski definition) is 0. The van der Waals surface area contributed by atoms with E-state index in [9.17, 15) is 30.7 Å². The maximum absolute atomic E-state index is 14.5. The molecule has 0 aliphatic carbocycles. The molecule has 0 heterocycles. The van der Waals surface area contributed by atoms with E-state index in [1.807, 2.05) is 19.1 Å². The Labute approximate surface area is 174 Å². The fourth-order valence-electron chi connectivity index (χ4n) is 3.14. The van der Waals surface area contributed by atoms with E-state index >= 15 is 0 Å². The Balaban J connectivity index is 1.96. The van der Waals surface area contributed by atoms with Crippen LogP contribution in [0.5, 0.6) is 0 Å². The minimum Gasteiger partial charge on any atom is -0.206 e. The van der Waals surface area contributed by atoms with Crippen LogP contribution in [0.15, 0.2) is 60.7 Å². The molecule has 0 amide bonds. The zero-order valence-corrected chi connectivity index (χ0v) is 16.3. The maximum atomic E-state index is 14.5. The third-order valence-electron chi connectivity index (χ3n) is 4.75. The number of benzene rings is 3. The Morgan fingerprint density at radius 2 is 1.29 bits per heavy atom. The highest BCUT2D eigenvalue weighted by molar-refractivity contribution is 5.84. The fraction of sp³-hybridized carbons (Fsp3) is 0.167. The van der Waals surface area contributed by atoms with E-state index in [0.717, 1.165) is 30.5 Å². The zero-order chi connectivity index (χ0) is 22.8. The molecule has 0 unspecified atom stereocenters. The van der Waals surface area contributed by atoms with E-state index in [-0.39, 0.29) is 5.56 Å². The molecular formula is C24H17F7. The number of halogens is 7. The van der Waals surface area contributed by atoms with E-state index in [1.54, 1.807) is 12.1 Å². The van der Waals surface area contributed by atoms with Crippen LogP contribution in [0.25, 0.3) is 22.8 Å². The third kappa shape index (κ3) is 4.98. The van der Waals surface area contributed by atoms with Crippen molar-refractivity contribution in [1.29, 1.82) is 0 Å². The van der Waals surface area contributed by atoms with Gasteiger partial charge in [0.15, 0.2) is 11.7 Å². The highest BCUT2D eigenvalue weighted by Gasteiger charge is 2.30. The lowest BCUT2D eigenvalue weighted by Gasteiger charge is -2.10. The van der Waals surface area contributed by atoms with Crippen molar-refractivity contribution in [3.8, 4) is 11.1 Å². The van der Waals surface area contributed by atoms with E-state index in [4.69, 9.17) is 0 Å². The van der Waals surface area contributed by atoms with Crippen LogP contribution in [0.3, 0.4) is 0 Å². The quantitative estimate of drug-likeness (QED) is 0.277. The molecule has 7 heteroatoms. The Morgan fingerprint density at radius 3 is 1.77 bits per heavy atom. The second-order valence-electron chi connectivity index (χ2n) is 6.96. The van der Waals surface area contributed by atoms with Crippen molar-refractivity contribution < 1.29 is 30.7 Å². The Morgan fingerprint density at radius 1 is 0.742 bits per heavy atom. The lowest BCUT2D eigenvalue weighted by atomic mass is 9.99. The zero-order valence-electron chi connectivity index (χ0n) is 16.3. The van der Waals surface area contributed by atoms with Crippen LogP contribution in [-0.2, 0) is 12.6 Å². The first-order valence-electron chi connectivity index (χ1n) is 9.43. The number of alkyl halides is 3. The van der Waals surface area contributed by atoms with Gasteiger partial charge in [0.05, 0.1) is 11.1 Å². The standard InChI is InChI=1S/C24H17F7/c1-2-3-14-4-6-15(7-5-14)17-12-19(25)21(20(26)13-17)23(28)22(27)16-8-10-18(11-9-16)24(29,30)31/h4-13H,2-3H2,1H3/b23-22+. The van der Waals surface area contributed by atoms with Crippen molar-refractivity contribution in [1.82, 2.24) is 0 Å². The smallest absolute Gasteiger partial charge is 0.206 e. The van der Waals surface area contributed by atoms with Crippen LogP contribution < -0.4 is 0 Å². The third-order valence-corrected chi connectivity index (χ3v) is 4.75. The van der Waals surface area contributed by atoms with Crippen LogP contribution in [-0.4, -0.2) is 0 Å². The molecule has 0 saturated heterocycles. The minimum absolute atomic E-state index is 0.143. The molecule has 0 aliphatic heterocycles. The monoisotopic (exact) mass is 438 g/mol. The molecule has 3 aromatic carbocycles. The summed E-state index contributed by atoms with van der Waals surface area (Å²) in [5.41, 5.74) is -1.16. The molecule has 31 heavy (non-hydrogen) atoms. The number of hydrogen-bond donors (Lipinski definition) is 0. The molecule has 0 bridgehead atoms. The average molecular weight is 438 g/mol. The second kappa shape index (κ2) is 8.96. The van der Waals surface area contributed by atoms with Gasteiger partial charge in [0.25, 0.3) is 0 Å². The van der Waals surface area contributed by atoms with Gasteiger partial charge in [-0.25, -0.2) is 17.6 Å². The number of aryl methyl sites for hydroxylation is 1. The summed E-state index contributed by atoms with van der Waals surface area (Å²) in [6.45, 7) is 2.02. The molecule has 0 saturated carbocycles. The SMILES string of the molecule is CCCc1ccc(-c2cc(F)c(/C(F)=C(\F)c3ccc(C(F)(F)F)cc3)c(F)c2)cc1. The predicted molar refractivity (Wildman–Crippen MR) is 106 cm³/mol. The van der Waals surface area contributed by atoms with Crippen LogP contribution in [0.4, 0.5) is 30.7 Å². The summed E-state index contributed by atoms with van der Waals surface area (Å²) in [7, 11) is 0. The van der Waals surface area contributed by atoms with Crippen molar-refractivity contribution >= 4 is 11.7 Å². The summed E-state index contributed by atoms with van der Waals surface area (Å²) in [5, 5.41) is 0. The van der Waals surface area contributed by atoms with Gasteiger partial charge in [0.2, 0.25) is 0 Å². The largest absolute Gasteiger partial charge is 0.416 e. The van der Waals surface area contributed by atoms with Crippen LogP contribution in [0, 0.1) is 11.6 Å². The number of rotatable bonds is 5. The highest BCUT2D eigenvalue weighted by atomic mass is 19.4. The van der Waals surface area contributed by atoms with Gasteiger partial charge in [-0.3, -0.25) is 0 Å². The normalized spacial score (nSPS) is 12.6. The van der Waals surface area contributed by atoms with Gasteiger partial charge in [0.1, 0.15) is 11.6 Å². The summed E-state index contributed by atoms with van der Waals surface area (Å²) in [6, 6.07) is 11.2. The average Bonchev–Trinajstić information content (AvgIpc) is 2.73. The molecule has 162 valence electrons. The lowest BCUT2D eigenvalue weighted by Crippen LogP contribution is -2.04. The van der Waals surface area contributed by atoms with Crippen LogP contribution in [0.2, 0.25) is 0 Å². The Hall–Kier alpha value is -3.09. The molecular weight excluding hydrogens is 421 g/mol. The second-order valence-corrected chi connectivity index (χ2v) is 6.96. The first-order chi connectivity index (χ1) is 14.6. The van der Waals surface area contributed by atoms with E-state index in [2.05, 4.69) is 0 Å². The predicted octanol–water partition coefficient (Wildman–Crippen LogP) is 8.37. The molecule has 0 fully saturated rings. The van der Waals surface area contributed by atoms with Crippen molar-refractivity contribution in [2.75, 3.05) is 0 Å². The maximum Gasteiger partial charge on any atom is 0.416 e. The molecule has 0 spiro atoms. The Bertz CT molecular complexity index is 1070. The fourth-order valence-corrected chi connectivity index (χ4v) is 3.14. The van der Waals surface area contributed by atoms with E-state index in [1.165, 1.54) is 0 Å². The summed E-state index contributed by atoms with van der Waals surface area (Å²) in [5.74, 6) is -6.15. The molecule has 3 aromatic rings. The van der Waals surface area contributed by atoms with Crippen molar-refractivity contribution in [3.63, 3.8) is 0 Å². The summed E-state index contributed by atoms with van der Waals surface area (Å²) < 4.78 is 95.8. The first-order valence-corrected chi connectivity index (χ1v) is 9.43. The molecule has 0 nitrogen and oxygen atoms in total. The van der Waals surface area contributed by atoms with Gasteiger partial charge in [-0.2, -0.15) is 13.2 Å². The van der Waals surface area contributed by atoms with Gasteiger partial charge in [0, 0.05) is 5.56 Å². The van der Waals surface area contributed by atoms with E-state index < -0.39 is 46.2 Å². The Kier molecular flexibility index (Phi) is 6.53. The summed E-state index contributed by atoms with van der Waals surface area (Å²) >= 11 is 0. The summed E-state index contributed by atoms with van der Waals surface area (Å²) in [6.07, 6.45) is -2.87. The molecule has 0 aliphatic rings. The van der Waals surface area contributed by atoms with Crippen molar-refractivity contribution in [3.05, 3.63) is 94.6 Å². The van der Waals surface area contributed by atoms with Crippen LogP contribution >= 0.6 is 0 Å². The summed E-state index contributed by atoms with van der Waals surface area (Å²) in [4.78, 5) is 0.